The van der Waals surface area contributed by atoms with Crippen LogP contribution in [0.15, 0.2) is 0 Å². The van der Waals surface area contributed by atoms with E-state index in [0.29, 0.717) is 18.4 Å². The van der Waals surface area contributed by atoms with Crippen LogP contribution in [0.5, 0.6) is 0 Å². The van der Waals surface area contributed by atoms with Crippen molar-refractivity contribution < 1.29 is 28.6 Å². The van der Waals surface area contributed by atoms with Gasteiger partial charge in [-0.2, -0.15) is 0 Å². The first-order valence-corrected chi connectivity index (χ1v) is 12.0. The van der Waals surface area contributed by atoms with E-state index in [0.717, 1.165) is 44.9 Å². The van der Waals surface area contributed by atoms with Crippen LogP contribution in [0.4, 0.5) is 0 Å². The Bertz CT molecular complexity index is 819. The Kier molecular flexibility index (Phi) is 4.29. The monoisotopic (exact) mass is 432 g/mol. The van der Waals surface area contributed by atoms with Crippen LogP contribution in [-0.4, -0.2) is 35.7 Å². The van der Waals surface area contributed by atoms with Crippen LogP contribution in [-0.2, 0) is 28.6 Å². The van der Waals surface area contributed by atoms with Crippen molar-refractivity contribution in [1.29, 1.82) is 0 Å². The third-order valence-electron chi connectivity index (χ3n) is 10.3. The third kappa shape index (κ3) is 2.59. The van der Waals surface area contributed by atoms with Gasteiger partial charge in [-0.15, -0.1) is 0 Å². The van der Waals surface area contributed by atoms with Gasteiger partial charge in [0.25, 0.3) is 0 Å². The second-order valence-electron chi connectivity index (χ2n) is 11.9. The highest BCUT2D eigenvalue weighted by Crippen LogP contribution is 2.85. The highest BCUT2D eigenvalue weighted by Gasteiger charge is 2.93. The number of ether oxygens (including phenoxy) is 3. The molecule has 6 nitrogen and oxygen atoms in total. The smallest absolute Gasteiger partial charge is 0.303 e. The lowest BCUT2D eigenvalue weighted by Gasteiger charge is -2.65. The summed E-state index contributed by atoms with van der Waals surface area (Å²) < 4.78 is 17.5. The normalized spacial score (nSPS) is 51.2. The van der Waals surface area contributed by atoms with Crippen LogP contribution in [0.1, 0.15) is 86.0 Å². The van der Waals surface area contributed by atoms with Gasteiger partial charge in [-0.1, -0.05) is 20.3 Å². The zero-order chi connectivity index (χ0) is 22.4. The van der Waals surface area contributed by atoms with E-state index in [2.05, 4.69) is 13.8 Å². The Hall–Kier alpha value is -1.59. The first-order valence-electron chi connectivity index (χ1n) is 12.0. The SMILES string of the molecule is CC(=O)OCC1(C)CCCC2(C)C3CC4[C@@]5(OC(C)=O)CC3(CC[C@H]12)C[C@@]45OC(C)=O. The molecule has 5 unspecified atom stereocenters. The van der Waals surface area contributed by atoms with Crippen molar-refractivity contribution in [2.24, 2.45) is 34.0 Å². The van der Waals surface area contributed by atoms with Gasteiger partial charge in [0, 0.05) is 32.1 Å². The minimum Gasteiger partial charge on any atom is -0.465 e. The molecule has 0 aromatic carbocycles. The quantitative estimate of drug-likeness (QED) is 0.490. The molecule has 0 saturated heterocycles. The molecule has 0 amide bonds. The van der Waals surface area contributed by atoms with Crippen LogP contribution < -0.4 is 0 Å². The lowest BCUT2D eigenvalue weighted by Crippen LogP contribution is -2.59. The lowest BCUT2D eigenvalue weighted by atomic mass is 9.39. The van der Waals surface area contributed by atoms with Gasteiger partial charge in [0.2, 0.25) is 0 Å². The molecule has 0 aromatic heterocycles. The Balaban J connectivity index is 1.47. The minimum absolute atomic E-state index is 0.00493. The van der Waals surface area contributed by atoms with E-state index in [9.17, 15) is 14.4 Å². The molecule has 1 spiro atoms. The second kappa shape index (κ2) is 6.26. The second-order valence-corrected chi connectivity index (χ2v) is 11.9. The first kappa shape index (κ1) is 21.3. The molecule has 31 heavy (non-hydrogen) atoms. The van der Waals surface area contributed by atoms with Crippen LogP contribution in [0.25, 0.3) is 0 Å². The largest absolute Gasteiger partial charge is 0.465 e. The number of carbonyl (C=O) groups excluding carboxylic acids is 3. The fourth-order valence-corrected chi connectivity index (χ4v) is 9.60. The van der Waals surface area contributed by atoms with Gasteiger partial charge < -0.3 is 14.2 Å². The first-order chi connectivity index (χ1) is 14.4. The molecule has 0 N–H and O–H groups in total. The van der Waals surface area contributed by atoms with Crippen molar-refractivity contribution in [2.75, 3.05) is 6.61 Å². The number of esters is 3. The molecule has 8 atom stereocenters. The van der Waals surface area contributed by atoms with E-state index in [-0.39, 0.29) is 40.1 Å². The van der Waals surface area contributed by atoms with Gasteiger partial charge in [-0.25, -0.2) is 0 Å². The minimum atomic E-state index is -0.611. The average molecular weight is 433 g/mol. The summed E-state index contributed by atoms with van der Waals surface area (Å²) >= 11 is 0. The van der Waals surface area contributed by atoms with Crippen molar-refractivity contribution in [3.05, 3.63) is 0 Å². The molecule has 6 aliphatic carbocycles. The number of hydrogen-bond donors (Lipinski definition) is 0. The van der Waals surface area contributed by atoms with E-state index in [1.165, 1.54) is 27.2 Å². The summed E-state index contributed by atoms with van der Waals surface area (Å²) in [5.74, 6) is 0.384. The van der Waals surface area contributed by atoms with Gasteiger partial charge in [0.1, 0.15) is 0 Å². The Morgan fingerprint density at radius 3 is 1.97 bits per heavy atom. The van der Waals surface area contributed by atoms with E-state index in [1.54, 1.807) is 0 Å². The maximum absolute atomic E-state index is 12.0. The van der Waals surface area contributed by atoms with Crippen molar-refractivity contribution in [1.82, 2.24) is 0 Å². The van der Waals surface area contributed by atoms with Crippen molar-refractivity contribution in [3.63, 3.8) is 0 Å². The van der Waals surface area contributed by atoms with Gasteiger partial charge in [-0.3, -0.25) is 14.4 Å². The Morgan fingerprint density at radius 2 is 1.42 bits per heavy atom. The standard InChI is InChI=1S/C25H36O6/c1-15(26)29-14-21(4)8-6-9-22(5)18(21)7-10-23-12-24(30-16(2)27)20(11-19(22)23)25(24,13-23)31-17(3)28/h18-20H,6-14H2,1-5H3/t18-,19?,20?,21?,22?,23?,24-,25+/m1/s1. The van der Waals surface area contributed by atoms with E-state index in [4.69, 9.17) is 14.2 Å². The molecular weight excluding hydrogens is 396 g/mol. The van der Waals surface area contributed by atoms with E-state index in [1.807, 2.05) is 0 Å². The molecule has 0 radical (unpaired) electrons. The van der Waals surface area contributed by atoms with Gasteiger partial charge in [-0.05, 0) is 67.6 Å². The van der Waals surface area contributed by atoms with Crippen LogP contribution in [0.3, 0.4) is 0 Å². The molecule has 172 valence electrons. The third-order valence-corrected chi connectivity index (χ3v) is 10.3. The molecule has 0 aromatic rings. The maximum atomic E-state index is 12.0. The molecule has 6 saturated carbocycles. The molecule has 6 heteroatoms. The summed E-state index contributed by atoms with van der Waals surface area (Å²) in [5, 5.41) is 0. The predicted molar refractivity (Wildman–Crippen MR) is 112 cm³/mol. The van der Waals surface area contributed by atoms with E-state index >= 15 is 0 Å². The molecular formula is C25H36O6. The lowest BCUT2D eigenvalue weighted by molar-refractivity contribution is -0.193. The zero-order valence-corrected chi connectivity index (χ0v) is 19.5. The van der Waals surface area contributed by atoms with Crippen LogP contribution in [0.2, 0.25) is 0 Å². The summed E-state index contributed by atoms with van der Waals surface area (Å²) in [7, 11) is 0. The average Bonchev–Trinajstić information content (AvgIpc) is 3.04. The molecule has 6 rings (SSSR count). The summed E-state index contributed by atoms with van der Waals surface area (Å²) in [6, 6.07) is 0. The van der Waals surface area contributed by atoms with Crippen LogP contribution >= 0.6 is 0 Å². The van der Waals surface area contributed by atoms with Gasteiger partial charge >= 0.3 is 17.9 Å². The summed E-state index contributed by atoms with van der Waals surface area (Å²) in [4.78, 5) is 35.5. The Morgan fingerprint density at radius 1 is 0.806 bits per heavy atom. The Labute approximate surface area is 184 Å². The summed E-state index contributed by atoms with van der Waals surface area (Å²) in [6.07, 6.45) is 8.18. The summed E-state index contributed by atoms with van der Waals surface area (Å²) in [5.41, 5.74) is -0.992. The number of carbonyl (C=O) groups is 3. The molecule has 4 bridgehead atoms. The zero-order valence-electron chi connectivity index (χ0n) is 19.5. The van der Waals surface area contributed by atoms with Crippen molar-refractivity contribution in [2.45, 2.75) is 97.2 Å². The van der Waals surface area contributed by atoms with E-state index < -0.39 is 11.2 Å². The topological polar surface area (TPSA) is 78.9 Å². The highest BCUT2D eigenvalue weighted by atomic mass is 16.6. The molecule has 0 heterocycles. The van der Waals surface area contributed by atoms with Gasteiger partial charge in [0.15, 0.2) is 11.2 Å². The van der Waals surface area contributed by atoms with Gasteiger partial charge in [0.05, 0.1) is 6.61 Å². The number of rotatable bonds is 4. The fraction of sp³-hybridized carbons (Fsp3) is 0.880. The number of fused-ring (bicyclic) bond motifs is 1. The number of hydrogen-bond acceptors (Lipinski definition) is 6. The molecule has 6 fully saturated rings. The summed E-state index contributed by atoms with van der Waals surface area (Å²) in [6.45, 7) is 9.69. The highest BCUT2D eigenvalue weighted by molar-refractivity contribution is 5.71. The van der Waals surface area contributed by atoms with Crippen molar-refractivity contribution in [3.8, 4) is 0 Å². The van der Waals surface area contributed by atoms with Crippen LogP contribution in [0, 0.1) is 34.0 Å². The van der Waals surface area contributed by atoms with Crippen molar-refractivity contribution >= 4 is 17.9 Å². The molecule has 6 aliphatic rings. The predicted octanol–water partition coefficient (Wildman–Crippen LogP) is 4.19. The molecule has 0 aliphatic heterocycles. The maximum Gasteiger partial charge on any atom is 0.303 e. The fourth-order valence-electron chi connectivity index (χ4n) is 9.60.